The molecule has 122 valence electrons. The van der Waals surface area contributed by atoms with Crippen molar-refractivity contribution in [2.24, 2.45) is 5.73 Å². The van der Waals surface area contributed by atoms with Crippen LogP contribution in [-0.4, -0.2) is 41.9 Å². The largest absolute Gasteiger partial charge is 0.370 e. The van der Waals surface area contributed by atoms with Gasteiger partial charge >= 0.3 is 0 Å². The Morgan fingerprint density at radius 2 is 1.26 bits per heavy atom. The molecular weight excluding hydrogens is 308 g/mol. The lowest BCUT2D eigenvalue weighted by molar-refractivity contribution is 0.149. The first-order valence-corrected chi connectivity index (χ1v) is 7.68. The first-order chi connectivity index (χ1) is 10.8. The average molecular weight is 331 g/mol. The van der Waals surface area contributed by atoms with Crippen molar-refractivity contribution in [1.29, 1.82) is 5.41 Å². The highest BCUT2D eigenvalue weighted by molar-refractivity contribution is 5.85. The summed E-state index contributed by atoms with van der Waals surface area (Å²) in [5.74, 6) is 0.177. The van der Waals surface area contributed by atoms with Crippen molar-refractivity contribution in [1.82, 2.24) is 9.80 Å². The molecule has 1 saturated heterocycles. The summed E-state index contributed by atoms with van der Waals surface area (Å²) in [6.07, 6.45) is 0. The summed E-state index contributed by atoms with van der Waals surface area (Å²) in [5, 5.41) is 7.58. The molecule has 0 aliphatic carbocycles. The molecule has 0 unspecified atom stereocenters. The quantitative estimate of drug-likeness (QED) is 0.672. The van der Waals surface area contributed by atoms with Gasteiger partial charge in [-0.15, -0.1) is 12.4 Å². The van der Waals surface area contributed by atoms with E-state index in [1.54, 1.807) is 0 Å². The van der Waals surface area contributed by atoms with E-state index in [1.165, 1.54) is 11.1 Å². The molecule has 0 atom stereocenters. The summed E-state index contributed by atoms with van der Waals surface area (Å²) in [4.78, 5) is 4.41. The fraction of sp³-hybridized carbons (Fsp3) is 0.278. The molecule has 2 aromatic carbocycles. The SMILES string of the molecule is Cl.N=C(N)N1CCN(C(c2ccccc2)c2ccccc2)CC1. The van der Waals surface area contributed by atoms with E-state index >= 15 is 0 Å². The number of nitrogens with zero attached hydrogens (tertiary/aromatic N) is 2. The van der Waals surface area contributed by atoms with Crippen LogP contribution < -0.4 is 5.73 Å². The van der Waals surface area contributed by atoms with E-state index in [0.29, 0.717) is 0 Å². The van der Waals surface area contributed by atoms with E-state index in [-0.39, 0.29) is 24.4 Å². The lowest BCUT2D eigenvalue weighted by Gasteiger charge is -2.39. The molecule has 0 aromatic heterocycles. The third kappa shape index (κ3) is 4.03. The molecule has 3 N–H and O–H groups in total. The zero-order valence-corrected chi connectivity index (χ0v) is 13.9. The van der Waals surface area contributed by atoms with E-state index in [1.807, 2.05) is 4.90 Å². The van der Waals surface area contributed by atoms with Gasteiger partial charge in [0.1, 0.15) is 0 Å². The Balaban J connectivity index is 0.00000192. The lowest BCUT2D eigenvalue weighted by Crippen LogP contribution is -2.51. The van der Waals surface area contributed by atoms with Crippen molar-refractivity contribution < 1.29 is 0 Å². The van der Waals surface area contributed by atoms with Gasteiger partial charge in [0.2, 0.25) is 0 Å². The fourth-order valence-electron chi connectivity index (χ4n) is 3.11. The molecule has 1 aliphatic rings. The smallest absolute Gasteiger partial charge is 0.188 e. The topological polar surface area (TPSA) is 56.4 Å². The minimum atomic E-state index is 0. The molecule has 2 aromatic rings. The second-order valence-corrected chi connectivity index (χ2v) is 5.63. The van der Waals surface area contributed by atoms with Gasteiger partial charge in [0.05, 0.1) is 6.04 Å². The van der Waals surface area contributed by atoms with Crippen LogP contribution in [-0.2, 0) is 0 Å². The average Bonchev–Trinajstić information content (AvgIpc) is 2.57. The number of halogens is 1. The summed E-state index contributed by atoms with van der Waals surface area (Å²) in [5.41, 5.74) is 8.22. The molecule has 0 amide bonds. The maximum Gasteiger partial charge on any atom is 0.188 e. The third-order valence-electron chi connectivity index (χ3n) is 4.25. The first kappa shape index (κ1) is 17.3. The van der Waals surface area contributed by atoms with E-state index in [0.717, 1.165) is 26.2 Å². The van der Waals surface area contributed by atoms with Crippen LogP contribution in [0.4, 0.5) is 0 Å². The lowest BCUT2D eigenvalue weighted by atomic mass is 9.96. The number of piperazine rings is 1. The summed E-state index contributed by atoms with van der Waals surface area (Å²) in [7, 11) is 0. The maximum absolute atomic E-state index is 7.58. The monoisotopic (exact) mass is 330 g/mol. The van der Waals surface area contributed by atoms with Crippen LogP contribution in [0.2, 0.25) is 0 Å². The Hall–Kier alpha value is -2.04. The standard InChI is InChI=1S/C18H22N4.ClH/c19-18(20)22-13-11-21(12-14-22)17(15-7-3-1-4-8-15)16-9-5-2-6-10-16;/h1-10,17H,11-14H2,(H3,19,20);1H. The van der Waals surface area contributed by atoms with E-state index in [9.17, 15) is 0 Å². The fourth-order valence-corrected chi connectivity index (χ4v) is 3.11. The predicted octanol–water partition coefficient (Wildman–Crippen LogP) is 2.71. The van der Waals surface area contributed by atoms with Gasteiger partial charge in [-0.2, -0.15) is 0 Å². The molecule has 1 heterocycles. The van der Waals surface area contributed by atoms with Crippen molar-refractivity contribution in [3.05, 3.63) is 71.8 Å². The molecule has 23 heavy (non-hydrogen) atoms. The highest BCUT2D eigenvalue weighted by Gasteiger charge is 2.26. The van der Waals surface area contributed by atoms with Crippen molar-refractivity contribution in [2.75, 3.05) is 26.2 Å². The molecule has 4 nitrogen and oxygen atoms in total. The van der Waals surface area contributed by atoms with E-state index < -0.39 is 0 Å². The molecule has 3 rings (SSSR count). The predicted molar refractivity (Wildman–Crippen MR) is 97.0 cm³/mol. The number of rotatable bonds is 3. The molecule has 0 radical (unpaired) electrons. The van der Waals surface area contributed by atoms with Gasteiger partial charge in [-0.25, -0.2) is 0 Å². The number of nitrogens with one attached hydrogen (secondary N) is 1. The highest BCUT2D eigenvalue weighted by Crippen LogP contribution is 2.29. The summed E-state index contributed by atoms with van der Waals surface area (Å²) < 4.78 is 0. The van der Waals surface area contributed by atoms with Gasteiger partial charge in [0.15, 0.2) is 5.96 Å². The van der Waals surface area contributed by atoms with Gasteiger partial charge in [-0.05, 0) is 11.1 Å². The Kier molecular flexibility index (Phi) is 6.02. The van der Waals surface area contributed by atoms with Gasteiger partial charge in [-0.1, -0.05) is 60.7 Å². The Bertz CT molecular complexity index is 570. The molecule has 5 heteroatoms. The minimum Gasteiger partial charge on any atom is -0.370 e. The van der Waals surface area contributed by atoms with Gasteiger partial charge in [0.25, 0.3) is 0 Å². The molecular formula is C18H23ClN4. The normalized spacial score (nSPS) is 15.3. The molecule has 1 aliphatic heterocycles. The highest BCUT2D eigenvalue weighted by atomic mass is 35.5. The number of guanidine groups is 1. The van der Waals surface area contributed by atoms with Gasteiger partial charge < -0.3 is 10.6 Å². The maximum atomic E-state index is 7.58. The summed E-state index contributed by atoms with van der Waals surface area (Å²) in [6.45, 7) is 3.44. The molecule has 0 spiro atoms. The number of hydrogen-bond donors (Lipinski definition) is 2. The van der Waals surface area contributed by atoms with Gasteiger partial charge in [-0.3, -0.25) is 10.3 Å². The van der Waals surface area contributed by atoms with Crippen LogP contribution in [0, 0.1) is 5.41 Å². The second kappa shape index (κ2) is 7.99. The zero-order chi connectivity index (χ0) is 15.4. The minimum absolute atomic E-state index is 0. The summed E-state index contributed by atoms with van der Waals surface area (Å²) >= 11 is 0. The Morgan fingerprint density at radius 3 is 1.65 bits per heavy atom. The summed E-state index contributed by atoms with van der Waals surface area (Å²) in [6, 6.07) is 21.5. The van der Waals surface area contributed by atoms with Crippen LogP contribution in [0.1, 0.15) is 17.2 Å². The first-order valence-electron chi connectivity index (χ1n) is 7.68. The number of nitrogens with two attached hydrogens (primary N) is 1. The zero-order valence-electron chi connectivity index (χ0n) is 13.1. The van der Waals surface area contributed by atoms with Crippen LogP contribution >= 0.6 is 12.4 Å². The van der Waals surface area contributed by atoms with Crippen molar-refractivity contribution in [3.63, 3.8) is 0 Å². The van der Waals surface area contributed by atoms with Gasteiger partial charge in [0, 0.05) is 26.2 Å². The third-order valence-corrected chi connectivity index (χ3v) is 4.25. The molecule has 1 fully saturated rings. The van der Waals surface area contributed by atoms with Crippen molar-refractivity contribution in [2.45, 2.75) is 6.04 Å². The van der Waals surface area contributed by atoms with Crippen LogP contribution in [0.3, 0.4) is 0 Å². The van der Waals surface area contributed by atoms with E-state index in [4.69, 9.17) is 11.1 Å². The Labute approximate surface area is 143 Å². The number of hydrogen-bond acceptors (Lipinski definition) is 2. The second-order valence-electron chi connectivity index (χ2n) is 5.63. The Morgan fingerprint density at radius 1 is 0.826 bits per heavy atom. The van der Waals surface area contributed by atoms with Crippen molar-refractivity contribution >= 4 is 18.4 Å². The van der Waals surface area contributed by atoms with Crippen molar-refractivity contribution in [3.8, 4) is 0 Å². The molecule has 0 bridgehead atoms. The van der Waals surface area contributed by atoms with Crippen LogP contribution in [0.25, 0.3) is 0 Å². The number of benzene rings is 2. The van der Waals surface area contributed by atoms with E-state index in [2.05, 4.69) is 65.6 Å². The van der Waals surface area contributed by atoms with Crippen LogP contribution in [0.5, 0.6) is 0 Å². The molecule has 0 saturated carbocycles. The van der Waals surface area contributed by atoms with Crippen LogP contribution in [0.15, 0.2) is 60.7 Å².